The molecule has 3 aliphatic rings. The highest BCUT2D eigenvalue weighted by molar-refractivity contribution is 5.80. The maximum atomic E-state index is 13.5. The molecule has 2 aromatic carbocycles. The van der Waals surface area contributed by atoms with E-state index in [-0.39, 0.29) is 25.2 Å². The van der Waals surface area contributed by atoms with Crippen LogP contribution in [0.3, 0.4) is 0 Å². The van der Waals surface area contributed by atoms with E-state index in [4.69, 9.17) is 14.2 Å². The maximum absolute atomic E-state index is 13.5. The van der Waals surface area contributed by atoms with Gasteiger partial charge in [0.15, 0.2) is 11.5 Å². The lowest BCUT2D eigenvalue weighted by Crippen LogP contribution is -2.35. The van der Waals surface area contributed by atoms with Gasteiger partial charge in [0, 0.05) is 12.1 Å². The molecular weight excluding hydrogens is 527 g/mol. The minimum absolute atomic E-state index is 0.0283. The summed E-state index contributed by atoms with van der Waals surface area (Å²) >= 11 is 0. The molecule has 0 bridgehead atoms. The molecule has 0 unspecified atom stereocenters. The summed E-state index contributed by atoms with van der Waals surface area (Å²) in [7, 11) is 0. The van der Waals surface area contributed by atoms with Gasteiger partial charge in [-0.2, -0.15) is 13.2 Å². The van der Waals surface area contributed by atoms with E-state index in [9.17, 15) is 27.9 Å². The van der Waals surface area contributed by atoms with Crippen LogP contribution in [0.1, 0.15) is 74.0 Å². The third-order valence-electron chi connectivity index (χ3n) is 7.89. The molecule has 2 aliphatic heterocycles. The van der Waals surface area contributed by atoms with Crippen LogP contribution in [-0.2, 0) is 22.1 Å². The molecule has 2 heterocycles. The number of hydrogen-bond donors (Lipinski definition) is 1. The Morgan fingerprint density at radius 3 is 2.60 bits per heavy atom. The molecule has 1 N–H and O–H groups in total. The summed E-state index contributed by atoms with van der Waals surface area (Å²) in [6.07, 6.45) is -3.91. The largest absolute Gasteiger partial charge is 0.481 e. The fraction of sp³-hybridized carbons (Fsp3) is 0.467. The van der Waals surface area contributed by atoms with E-state index in [1.165, 1.54) is 0 Å². The molecule has 1 amide bonds. The highest BCUT2D eigenvalue weighted by Gasteiger charge is 2.42. The third kappa shape index (κ3) is 5.48. The van der Waals surface area contributed by atoms with E-state index in [0.29, 0.717) is 41.0 Å². The molecule has 0 aromatic heterocycles. The van der Waals surface area contributed by atoms with Gasteiger partial charge in [0.1, 0.15) is 6.10 Å². The number of fused-ring (bicyclic) bond motifs is 1. The number of amides is 1. The Morgan fingerprint density at radius 2 is 1.90 bits per heavy atom. The van der Waals surface area contributed by atoms with Crippen molar-refractivity contribution in [3.8, 4) is 11.5 Å². The SMILES string of the molecule is Cc1cc([C@H]2OC(=O)N(CC3=C(c4cc(CC(=O)O)cc5c4OCO5)CCC(C)(C)C3)[C@H]2C)cc(C(F)(F)F)c1. The number of carboxylic acids is 1. The summed E-state index contributed by atoms with van der Waals surface area (Å²) in [4.78, 5) is 26.1. The van der Waals surface area contributed by atoms with Crippen molar-refractivity contribution in [1.82, 2.24) is 4.90 Å². The summed E-state index contributed by atoms with van der Waals surface area (Å²) in [5.41, 5.74) is 3.18. The van der Waals surface area contributed by atoms with Crippen molar-refractivity contribution in [2.45, 2.75) is 71.7 Å². The molecule has 0 spiro atoms. The average molecular weight is 560 g/mol. The fourth-order valence-electron chi connectivity index (χ4n) is 5.96. The number of halogens is 3. The molecule has 1 saturated heterocycles. The molecule has 0 saturated carbocycles. The first-order valence-electron chi connectivity index (χ1n) is 13.2. The van der Waals surface area contributed by atoms with Crippen molar-refractivity contribution in [2.24, 2.45) is 5.41 Å². The van der Waals surface area contributed by atoms with E-state index in [0.717, 1.165) is 35.3 Å². The number of carbonyl (C=O) groups excluding carboxylic acids is 1. The Hall–Kier alpha value is -3.69. The first kappa shape index (κ1) is 27.9. The lowest BCUT2D eigenvalue weighted by molar-refractivity contribution is -0.138. The maximum Gasteiger partial charge on any atom is 0.416 e. The normalized spacial score (nSPS) is 22.1. The molecule has 0 radical (unpaired) electrons. The number of ether oxygens (including phenoxy) is 3. The first-order chi connectivity index (χ1) is 18.7. The van der Waals surface area contributed by atoms with Crippen molar-refractivity contribution >= 4 is 17.6 Å². The molecule has 214 valence electrons. The van der Waals surface area contributed by atoms with Gasteiger partial charge in [-0.3, -0.25) is 9.69 Å². The van der Waals surface area contributed by atoms with Crippen molar-refractivity contribution in [3.63, 3.8) is 0 Å². The zero-order valence-electron chi connectivity index (χ0n) is 22.9. The Kier molecular flexibility index (Phi) is 7.00. The molecule has 10 heteroatoms. The Labute approximate surface area is 230 Å². The monoisotopic (exact) mass is 559 g/mol. The molecule has 40 heavy (non-hydrogen) atoms. The van der Waals surface area contributed by atoms with Gasteiger partial charge in [0.25, 0.3) is 0 Å². The number of aryl methyl sites for hydroxylation is 1. The molecule has 1 fully saturated rings. The lowest BCUT2D eigenvalue weighted by Gasteiger charge is -2.35. The Bertz CT molecular complexity index is 1400. The summed E-state index contributed by atoms with van der Waals surface area (Å²) in [5, 5.41) is 9.38. The smallest absolute Gasteiger partial charge is 0.416 e. The molecule has 1 aliphatic carbocycles. The van der Waals surface area contributed by atoms with E-state index in [2.05, 4.69) is 13.8 Å². The molecule has 2 aromatic rings. The van der Waals surface area contributed by atoms with Gasteiger partial charge < -0.3 is 19.3 Å². The number of nitrogens with zero attached hydrogens (tertiary/aromatic N) is 1. The summed E-state index contributed by atoms with van der Waals surface area (Å²) in [6.45, 7) is 7.92. The fourth-order valence-corrected chi connectivity index (χ4v) is 5.96. The Balaban J connectivity index is 1.51. The van der Waals surface area contributed by atoms with Crippen LogP contribution < -0.4 is 9.47 Å². The zero-order chi connectivity index (χ0) is 29.0. The summed E-state index contributed by atoms with van der Waals surface area (Å²) < 4.78 is 57.5. The van der Waals surface area contributed by atoms with Crippen molar-refractivity contribution in [1.29, 1.82) is 0 Å². The topological polar surface area (TPSA) is 85.3 Å². The molecule has 2 atom stereocenters. The van der Waals surface area contributed by atoms with E-state index >= 15 is 0 Å². The van der Waals surface area contributed by atoms with Crippen LogP contribution in [0.25, 0.3) is 5.57 Å². The van der Waals surface area contributed by atoms with Crippen LogP contribution in [0.4, 0.5) is 18.0 Å². The number of alkyl halides is 3. The number of benzene rings is 2. The van der Waals surface area contributed by atoms with Crippen molar-refractivity contribution in [3.05, 3.63) is 63.7 Å². The van der Waals surface area contributed by atoms with Crippen LogP contribution in [0.2, 0.25) is 0 Å². The second-order valence-corrected chi connectivity index (χ2v) is 11.7. The second kappa shape index (κ2) is 10.1. The number of cyclic esters (lactones) is 1. The quantitative estimate of drug-likeness (QED) is 0.414. The van der Waals surface area contributed by atoms with Crippen LogP contribution in [0.15, 0.2) is 35.9 Å². The van der Waals surface area contributed by atoms with Gasteiger partial charge in [0.2, 0.25) is 6.79 Å². The van der Waals surface area contributed by atoms with Crippen molar-refractivity contribution < 1.29 is 42.1 Å². The number of carbonyl (C=O) groups is 2. The van der Waals surface area contributed by atoms with Crippen molar-refractivity contribution in [2.75, 3.05) is 13.3 Å². The highest BCUT2D eigenvalue weighted by atomic mass is 19.4. The van der Waals surface area contributed by atoms with Gasteiger partial charge >= 0.3 is 18.2 Å². The number of rotatable bonds is 6. The minimum atomic E-state index is -4.51. The van der Waals surface area contributed by atoms with Crippen LogP contribution in [-0.4, -0.2) is 41.4 Å². The molecule has 7 nitrogen and oxygen atoms in total. The predicted molar refractivity (Wildman–Crippen MR) is 140 cm³/mol. The average Bonchev–Trinajstić information content (AvgIpc) is 3.42. The standard InChI is InChI=1S/C30H32F3NO6/c1-16-7-19(12-21(8-16)30(31,32)33)26-17(2)34(28(37)40-26)14-20-13-29(3,4)6-5-22(20)23-9-18(11-25(35)36)10-24-27(23)39-15-38-24/h7-10,12,17,26H,5-6,11,13-15H2,1-4H3,(H,35,36)/t17-,26-/m0/s1. The van der Waals surface area contributed by atoms with E-state index < -0.39 is 35.9 Å². The number of aliphatic carboxylic acids is 1. The number of carboxylic acid groups (broad SMARTS) is 1. The van der Waals surface area contributed by atoms with Gasteiger partial charge in [-0.1, -0.05) is 25.5 Å². The molecular formula is C30H32F3NO6. The van der Waals surface area contributed by atoms with Gasteiger partial charge in [-0.15, -0.1) is 0 Å². The summed E-state index contributed by atoms with van der Waals surface area (Å²) in [6, 6.07) is 6.72. The predicted octanol–water partition coefficient (Wildman–Crippen LogP) is 6.92. The third-order valence-corrected chi connectivity index (χ3v) is 7.89. The van der Waals surface area contributed by atoms with Gasteiger partial charge in [-0.25, -0.2) is 4.79 Å². The second-order valence-electron chi connectivity index (χ2n) is 11.7. The first-order valence-corrected chi connectivity index (χ1v) is 13.2. The Morgan fingerprint density at radius 1 is 1.15 bits per heavy atom. The van der Waals surface area contributed by atoms with Gasteiger partial charge in [0.05, 0.1) is 18.0 Å². The zero-order valence-corrected chi connectivity index (χ0v) is 22.9. The van der Waals surface area contributed by atoms with Crippen LogP contribution >= 0.6 is 0 Å². The van der Waals surface area contributed by atoms with Gasteiger partial charge in [-0.05, 0) is 85.1 Å². The van der Waals surface area contributed by atoms with Crippen LogP contribution in [0, 0.1) is 12.3 Å². The summed E-state index contributed by atoms with van der Waals surface area (Å²) in [5.74, 6) is 0.0726. The number of hydrogen-bond acceptors (Lipinski definition) is 5. The number of allylic oxidation sites excluding steroid dienone is 1. The van der Waals surface area contributed by atoms with E-state index in [1.807, 2.05) is 6.07 Å². The van der Waals surface area contributed by atoms with Crippen LogP contribution in [0.5, 0.6) is 11.5 Å². The highest BCUT2D eigenvalue weighted by Crippen LogP contribution is 2.49. The minimum Gasteiger partial charge on any atom is -0.481 e. The molecule has 5 rings (SSSR count). The lowest BCUT2D eigenvalue weighted by atomic mass is 9.72. The van der Waals surface area contributed by atoms with E-state index in [1.54, 1.807) is 30.9 Å².